The standard InChI is InChI=1S/C57H53N5O.Pt/c1-36-51(37-19-12-11-13-20-37)54(57(8,9)10)62(59-36)39-21-16-22-40(33-39)63-41-29-30-43-42-23-14-15-28-48(42)61(49(43)35-41)50-34-38(31-32-58-50)60-52-44(24-17-26-46(52)55(2,3)4)45-25-18-27-47(53(45)60)56(5,6)7;/h11-32,34H,1-10H3;/q-2;+2. The van der Waals surface area contributed by atoms with Gasteiger partial charge in [-0.25, -0.2) is 4.98 Å². The number of aromatic nitrogens is 5. The van der Waals surface area contributed by atoms with E-state index < -0.39 is 0 Å². The van der Waals surface area contributed by atoms with Crippen molar-refractivity contribution in [1.82, 2.24) is 23.9 Å². The first kappa shape index (κ1) is 43.0. The van der Waals surface area contributed by atoms with Crippen molar-refractivity contribution in [2.24, 2.45) is 0 Å². The van der Waals surface area contributed by atoms with E-state index in [-0.39, 0.29) is 37.3 Å². The van der Waals surface area contributed by atoms with Gasteiger partial charge in [-0.1, -0.05) is 153 Å². The molecular formula is C57H53N5OPt. The minimum Gasteiger partial charge on any atom is -0.509 e. The molecule has 7 heteroatoms. The quantitative estimate of drug-likeness (QED) is 0.156. The third kappa shape index (κ3) is 7.26. The average Bonchev–Trinajstić information content (AvgIpc) is 3.90. The van der Waals surface area contributed by atoms with Crippen molar-refractivity contribution in [3.8, 4) is 39.8 Å². The Hall–Kier alpha value is -6.23. The molecule has 0 saturated carbocycles. The number of benzene rings is 6. The van der Waals surface area contributed by atoms with Gasteiger partial charge in [0, 0.05) is 51.0 Å². The molecule has 0 bridgehead atoms. The number of pyridine rings is 1. The summed E-state index contributed by atoms with van der Waals surface area (Å²) in [5, 5.41) is 9.78. The molecule has 0 amide bonds. The van der Waals surface area contributed by atoms with Gasteiger partial charge in [0.15, 0.2) is 0 Å². The van der Waals surface area contributed by atoms with Crippen molar-refractivity contribution >= 4 is 43.6 Å². The summed E-state index contributed by atoms with van der Waals surface area (Å²) in [6.07, 6.45) is 1.94. The zero-order chi connectivity index (χ0) is 44.0. The molecule has 0 N–H and O–H groups in total. The number of hydrogen-bond acceptors (Lipinski definition) is 3. The van der Waals surface area contributed by atoms with Crippen LogP contribution in [0.25, 0.3) is 71.9 Å². The van der Waals surface area contributed by atoms with Gasteiger partial charge < -0.3 is 13.9 Å². The Kier molecular flexibility index (Phi) is 10.6. The second-order valence-corrected chi connectivity index (χ2v) is 19.9. The van der Waals surface area contributed by atoms with E-state index in [0.29, 0.717) is 11.5 Å². The topological polar surface area (TPSA) is 49.8 Å². The first-order valence-electron chi connectivity index (χ1n) is 21.9. The fourth-order valence-electron chi connectivity index (χ4n) is 9.51. The van der Waals surface area contributed by atoms with E-state index in [2.05, 4.69) is 194 Å². The molecule has 4 heterocycles. The van der Waals surface area contributed by atoms with Crippen molar-refractivity contribution in [2.45, 2.75) is 85.5 Å². The first-order chi connectivity index (χ1) is 30.1. The fraction of sp³-hybridized carbons (Fsp3) is 0.228. The summed E-state index contributed by atoms with van der Waals surface area (Å²) in [5.41, 5.74) is 12.9. The minimum absolute atomic E-state index is 0. The number of ether oxygens (including phenoxy) is 1. The monoisotopic (exact) mass is 1020 g/mol. The number of rotatable bonds is 6. The zero-order valence-corrected chi connectivity index (χ0v) is 40.5. The van der Waals surface area contributed by atoms with Crippen molar-refractivity contribution in [1.29, 1.82) is 0 Å². The maximum absolute atomic E-state index is 6.66. The molecule has 6 nitrogen and oxygen atoms in total. The van der Waals surface area contributed by atoms with Crippen LogP contribution in [0.1, 0.15) is 84.8 Å². The molecule has 0 fully saturated rings. The number of fused-ring (bicyclic) bond motifs is 6. The molecular weight excluding hydrogens is 966 g/mol. The molecule has 64 heavy (non-hydrogen) atoms. The summed E-state index contributed by atoms with van der Waals surface area (Å²) < 4.78 is 13.4. The van der Waals surface area contributed by atoms with Crippen LogP contribution in [-0.4, -0.2) is 23.9 Å². The molecule has 4 aromatic heterocycles. The molecule has 0 aliphatic carbocycles. The van der Waals surface area contributed by atoms with Crippen LogP contribution in [0, 0.1) is 19.1 Å². The van der Waals surface area contributed by atoms with Crippen LogP contribution in [0.3, 0.4) is 0 Å². The van der Waals surface area contributed by atoms with E-state index in [1.54, 1.807) is 0 Å². The molecule has 0 radical (unpaired) electrons. The third-order valence-corrected chi connectivity index (χ3v) is 12.2. The number of aryl methyl sites for hydroxylation is 1. The Morgan fingerprint density at radius 1 is 0.547 bits per heavy atom. The summed E-state index contributed by atoms with van der Waals surface area (Å²) in [5.74, 6) is 1.96. The average molecular weight is 1020 g/mol. The number of nitrogens with zero attached hydrogens (tertiary/aromatic N) is 5. The van der Waals surface area contributed by atoms with Gasteiger partial charge in [0.05, 0.1) is 28.1 Å². The second-order valence-electron chi connectivity index (χ2n) is 19.9. The van der Waals surface area contributed by atoms with E-state index in [4.69, 9.17) is 14.8 Å². The molecule has 0 unspecified atom stereocenters. The van der Waals surface area contributed by atoms with E-state index >= 15 is 0 Å². The van der Waals surface area contributed by atoms with Crippen LogP contribution < -0.4 is 4.74 Å². The van der Waals surface area contributed by atoms with Gasteiger partial charge in [0.2, 0.25) is 0 Å². The van der Waals surface area contributed by atoms with Crippen LogP contribution in [0.5, 0.6) is 11.5 Å². The minimum atomic E-state index is -0.194. The SMILES string of the molecule is Cc1nn(-c2[c-]c(Oc3[c-]c4c(cc3)c3ccccc3n4-c3cc(-n4c5c(C(C)(C)C)cccc5c5cccc(C(C)(C)C)c54)ccn3)ccc2)c(C(C)(C)C)c1-c1ccccc1.[Pt+2]. The Labute approximate surface area is 390 Å². The van der Waals surface area contributed by atoms with Crippen molar-refractivity contribution in [3.63, 3.8) is 0 Å². The van der Waals surface area contributed by atoms with E-state index in [0.717, 1.165) is 61.5 Å². The van der Waals surface area contributed by atoms with Gasteiger partial charge in [-0.05, 0) is 57.7 Å². The van der Waals surface area contributed by atoms with E-state index in [1.807, 2.05) is 41.2 Å². The zero-order valence-electron chi connectivity index (χ0n) is 38.2. The summed E-state index contributed by atoms with van der Waals surface area (Å²) in [4.78, 5) is 5.09. The predicted octanol–water partition coefficient (Wildman–Crippen LogP) is 14.7. The molecule has 6 aromatic carbocycles. The Bertz CT molecular complexity index is 3310. The molecule has 0 aliphatic heterocycles. The largest absolute Gasteiger partial charge is 2.00 e. The van der Waals surface area contributed by atoms with E-state index in [9.17, 15) is 0 Å². The molecule has 10 rings (SSSR count). The fourth-order valence-corrected chi connectivity index (χ4v) is 9.51. The predicted molar refractivity (Wildman–Crippen MR) is 260 cm³/mol. The summed E-state index contributed by atoms with van der Waals surface area (Å²) >= 11 is 0. The van der Waals surface area contributed by atoms with E-state index in [1.165, 1.54) is 32.9 Å². The Balaban J connectivity index is 0.00000518. The summed E-state index contributed by atoms with van der Waals surface area (Å²) in [6.45, 7) is 22.6. The smallest absolute Gasteiger partial charge is 0.509 e. The Morgan fingerprint density at radius 3 is 1.81 bits per heavy atom. The number of para-hydroxylation sites is 3. The number of hydrogen-bond donors (Lipinski definition) is 0. The van der Waals surface area contributed by atoms with Crippen molar-refractivity contribution < 1.29 is 25.8 Å². The maximum Gasteiger partial charge on any atom is 2.00 e. The van der Waals surface area contributed by atoms with Crippen LogP contribution in [0.15, 0.2) is 140 Å². The molecule has 0 aliphatic rings. The summed E-state index contributed by atoms with van der Waals surface area (Å²) in [6, 6.07) is 54.3. The maximum atomic E-state index is 6.66. The van der Waals surface area contributed by atoms with Gasteiger partial charge in [-0.2, -0.15) is 17.2 Å². The normalized spacial score (nSPS) is 12.4. The van der Waals surface area contributed by atoms with Gasteiger partial charge in [-0.3, -0.25) is 4.68 Å². The van der Waals surface area contributed by atoms with Crippen LogP contribution in [-0.2, 0) is 37.3 Å². The molecule has 322 valence electrons. The van der Waals surface area contributed by atoms with Crippen molar-refractivity contribution in [3.05, 3.63) is 174 Å². The van der Waals surface area contributed by atoms with Crippen LogP contribution >= 0.6 is 0 Å². The van der Waals surface area contributed by atoms with Gasteiger partial charge in [0.1, 0.15) is 5.82 Å². The van der Waals surface area contributed by atoms with Crippen molar-refractivity contribution in [2.75, 3.05) is 0 Å². The molecule has 0 saturated heterocycles. The first-order valence-corrected chi connectivity index (χ1v) is 21.9. The molecule has 0 spiro atoms. The second kappa shape index (κ2) is 15.8. The van der Waals surface area contributed by atoms with Crippen LogP contribution in [0.4, 0.5) is 0 Å². The summed E-state index contributed by atoms with van der Waals surface area (Å²) in [7, 11) is 0. The Morgan fingerprint density at radius 2 is 1.16 bits per heavy atom. The van der Waals surface area contributed by atoms with Gasteiger partial charge in [-0.15, -0.1) is 35.7 Å². The molecule has 10 aromatic rings. The van der Waals surface area contributed by atoms with Gasteiger partial charge in [0.25, 0.3) is 0 Å². The van der Waals surface area contributed by atoms with Crippen LogP contribution in [0.2, 0.25) is 0 Å². The third-order valence-electron chi connectivity index (χ3n) is 12.2. The van der Waals surface area contributed by atoms with Gasteiger partial charge >= 0.3 is 21.1 Å². The molecule has 0 atom stereocenters.